The first-order chi connectivity index (χ1) is 11.7. The lowest BCUT2D eigenvalue weighted by Crippen LogP contribution is -2.50. The molecule has 2 aromatic rings. The number of rotatable bonds is 3. The van der Waals surface area contributed by atoms with Gasteiger partial charge in [0.1, 0.15) is 5.75 Å². The predicted molar refractivity (Wildman–Crippen MR) is 99.9 cm³/mol. The second kappa shape index (κ2) is 7.57. The van der Waals surface area contributed by atoms with Crippen LogP contribution < -0.4 is 15.0 Å². The van der Waals surface area contributed by atoms with Crippen LogP contribution in [0.1, 0.15) is 0 Å². The van der Waals surface area contributed by atoms with Crippen LogP contribution in [0.25, 0.3) is 0 Å². The number of anilines is 2. The number of hydrogen-bond donors (Lipinski definition) is 1. The third kappa shape index (κ3) is 3.82. The Morgan fingerprint density at radius 3 is 2.54 bits per heavy atom. The maximum atomic E-state index is 12.5. The van der Waals surface area contributed by atoms with Crippen molar-refractivity contribution in [3.63, 3.8) is 0 Å². The molecule has 5 nitrogen and oxygen atoms in total. The number of carbonyl (C=O) groups excluding carboxylic acids is 1. The summed E-state index contributed by atoms with van der Waals surface area (Å²) >= 11 is 3.50. The minimum atomic E-state index is -0.0895. The number of hydrogen-bond acceptors (Lipinski definition) is 3. The highest BCUT2D eigenvalue weighted by Gasteiger charge is 2.22. The third-order valence-electron chi connectivity index (χ3n) is 4.09. The molecule has 3 rings (SSSR count). The molecule has 0 atom stereocenters. The predicted octanol–water partition coefficient (Wildman–Crippen LogP) is 3.81. The topological polar surface area (TPSA) is 44.8 Å². The monoisotopic (exact) mass is 389 g/mol. The maximum absolute atomic E-state index is 12.5. The number of halogens is 1. The van der Waals surface area contributed by atoms with Crippen LogP contribution in [0.4, 0.5) is 16.2 Å². The van der Waals surface area contributed by atoms with Gasteiger partial charge in [-0.05, 0) is 30.3 Å². The highest BCUT2D eigenvalue weighted by Crippen LogP contribution is 2.24. The van der Waals surface area contributed by atoms with Crippen molar-refractivity contribution in [1.82, 2.24) is 4.90 Å². The molecule has 0 aromatic heterocycles. The van der Waals surface area contributed by atoms with E-state index in [1.165, 1.54) is 5.69 Å². The Hall–Kier alpha value is -2.21. The minimum Gasteiger partial charge on any atom is -0.495 e. The first-order valence-electron chi connectivity index (χ1n) is 7.87. The molecule has 1 saturated heterocycles. The van der Waals surface area contributed by atoms with Gasteiger partial charge in [-0.15, -0.1) is 0 Å². The van der Waals surface area contributed by atoms with Gasteiger partial charge in [-0.3, -0.25) is 0 Å². The molecule has 1 aliphatic heterocycles. The molecule has 0 unspecified atom stereocenters. The third-order valence-corrected chi connectivity index (χ3v) is 4.58. The first kappa shape index (κ1) is 16.6. The highest BCUT2D eigenvalue weighted by molar-refractivity contribution is 9.10. The standard InChI is InChI=1S/C18H20BrN3O2/c1-24-17-8-3-2-7-16(17)20-18(23)22-11-9-21(10-12-22)15-6-4-5-14(19)13-15/h2-8,13H,9-12H2,1H3,(H,20,23). The van der Waals surface area contributed by atoms with Gasteiger partial charge in [0.05, 0.1) is 12.8 Å². The summed E-state index contributed by atoms with van der Waals surface area (Å²) < 4.78 is 6.34. The molecule has 1 heterocycles. The highest BCUT2D eigenvalue weighted by atomic mass is 79.9. The summed E-state index contributed by atoms with van der Waals surface area (Å²) in [6.07, 6.45) is 0. The fourth-order valence-corrected chi connectivity index (χ4v) is 3.17. The van der Waals surface area contributed by atoms with Crippen LogP contribution in [0, 0.1) is 0 Å². The van der Waals surface area contributed by atoms with E-state index in [1.54, 1.807) is 7.11 Å². The number of urea groups is 1. The normalized spacial score (nSPS) is 14.4. The second-order valence-electron chi connectivity index (χ2n) is 5.58. The Kier molecular flexibility index (Phi) is 5.25. The van der Waals surface area contributed by atoms with E-state index in [2.05, 4.69) is 38.3 Å². The Balaban J connectivity index is 1.59. The zero-order chi connectivity index (χ0) is 16.9. The molecule has 0 bridgehead atoms. The molecule has 0 saturated carbocycles. The summed E-state index contributed by atoms with van der Waals surface area (Å²) in [7, 11) is 1.60. The summed E-state index contributed by atoms with van der Waals surface area (Å²) in [6.45, 7) is 3.01. The zero-order valence-electron chi connectivity index (χ0n) is 13.5. The number of amides is 2. The van der Waals surface area contributed by atoms with Crippen LogP contribution >= 0.6 is 15.9 Å². The number of nitrogens with one attached hydrogen (secondary N) is 1. The van der Waals surface area contributed by atoms with Gasteiger partial charge in [-0.2, -0.15) is 0 Å². The van der Waals surface area contributed by atoms with E-state index in [-0.39, 0.29) is 6.03 Å². The molecule has 1 fully saturated rings. The number of benzene rings is 2. The van der Waals surface area contributed by atoms with Gasteiger partial charge in [0.2, 0.25) is 0 Å². The Bertz CT molecular complexity index is 715. The van der Waals surface area contributed by atoms with Crippen LogP contribution in [0.3, 0.4) is 0 Å². The molecule has 0 radical (unpaired) electrons. The smallest absolute Gasteiger partial charge is 0.322 e. The average Bonchev–Trinajstić information content (AvgIpc) is 2.62. The van der Waals surface area contributed by atoms with Crippen LogP contribution in [-0.4, -0.2) is 44.2 Å². The number of ether oxygens (including phenoxy) is 1. The molecule has 1 aliphatic rings. The second-order valence-corrected chi connectivity index (χ2v) is 6.50. The van der Waals surface area contributed by atoms with Gasteiger partial charge in [0.15, 0.2) is 0 Å². The molecule has 24 heavy (non-hydrogen) atoms. The van der Waals surface area contributed by atoms with Gasteiger partial charge < -0.3 is 19.9 Å². The fraction of sp³-hybridized carbons (Fsp3) is 0.278. The summed E-state index contributed by atoms with van der Waals surface area (Å²) in [5.41, 5.74) is 1.87. The zero-order valence-corrected chi connectivity index (χ0v) is 15.1. The number of nitrogens with zero attached hydrogens (tertiary/aromatic N) is 2. The average molecular weight is 390 g/mol. The lowest BCUT2D eigenvalue weighted by molar-refractivity contribution is 0.208. The van der Waals surface area contributed by atoms with E-state index in [4.69, 9.17) is 4.74 Å². The van der Waals surface area contributed by atoms with E-state index in [0.29, 0.717) is 24.5 Å². The van der Waals surface area contributed by atoms with Crippen molar-refractivity contribution in [2.75, 3.05) is 43.5 Å². The van der Waals surface area contributed by atoms with Crippen LogP contribution in [-0.2, 0) is 0 Å². The molecule has 2 amide bonds. The largest absolute Gasteiger partial charge is 0.495 e. The number of piperazine rings is 1. The Morgan fingerprint density at radius 2 is 1.83 bits per heavy atom. The molecule has 0 spiro atoms. The lowest BCUT2D eigenvalue weighted by Gasteiger charge is -2.36. The quantitative estimate of drug-likeness (QED) is 0.867. The number of para-hydroxylation sites is 2. The molecule has 0 aliphatic carbocycles. The minimum absolute atomic E-state index is 0.0895. The van der Waals surface area contributed by atoms with Crippen LogP contribution in [0.15, 0.2) is 53.0 Å². The van der Waals surface area contributed by atoms with Gasteiger partial charge in [-0.1, -0.05) is 34.1 Å². The molecule has 6 heteroatoms. The fourth-order valence-electron chi connectivity index (χ4n) is 2.78. The SMILES string of the molecule is COc1ccccc1NC(=O)N1CCN(c2cccc(Br)c2)CC1. The number of methoxy groups -OCH3 is 1. The molecular weight excluding hydrogens is 370 g/mol. The summed E-state index contributed by atoms with van der Waals surface area (Å²) in [5.74, 6) is 0.665. The summed E-state index contributed by atoms with van der Waals surface area (Å²) in [4.78, 5) is 16.6. The van der Waals surface area contributed by atoms with Crippen molar-refractivity contribution in [2.24, 2.45) is 0 Å². The van der Waals surface area contributed by atoms with Gasteiger partial charge in [0.25, 0.3) is 0 Å². The van der Waals surface area contributed by atoms with E-state index < -0.39 is 0 Å². The molecule has 126 valence electrons. The molecular formula is C18H20BrN3O2. The van der Waals surface area contributed by atoms with Crippen molar-refractivity contribution in [3.05, 3.63) is 53.0 Å². The van der Waals surface area contributed by atoms with Crippen LogP contribution in [0.2, 0.25) is 0 Å². The summed E-state index contributed by atoms with van der Waals surface area (Å²) in [5, 5.41) is 2.93. The van der Waals surface area contributed by atoms with Crippen molar-refractivity contribution >= 4 is 33.3 Å². The van der Waals surface area contributed by atoms with Crippen LogP contribution in [0.5, 0.6) is 5.75 Å². The van der Waals surface area contributed by atoms with Crippen molar-refractivity contribution in [3.8, 4) is 5.75 Å². The van der Waals surface area contributed by atoms with E-state index in [1.807, 2.05) is 41.3 Å². The Morgan fingerprint density at radius 1 is 1.08 bits per heavy atom. The maximum Gasteiger partial charge on any atom is 0.322 e. The Labute approximate surface area is 150 Å². The van der Waals surface area contributed by atoms with Crippen molar-refractivity contribution in [2.45, 2.75) is 0 Å². The van der Waals surface area contributed by atoms with E-state index >= 15 is 0 Å². The van der Waals surface area contributed by atoms with E-state index in [0.717, 1.165) is 17.6 Å². The molecule has 1 N–H and O–H groups in total. The summed E-state index contributed by atoms with van der Waals surface area (Å²) in [6, 6.07) is 15.6. The van der Waals surface area contributed by atoms with Crippen molar-refractivity contribution in [1.29, 1.82) is 0 Å². The van der Waals surface area contributed by atoms with Gasteiger partial charge in [-0.25, -0.2) is 4.79 Å². The molecule has 2 aromatic carbocycles. The first-order valence-corrected chi connectivity index (χ1v) is 8.66. The van der Waals surface area contributed by atoms with Crippen molar-refractivity contribution < 1.29 is 9.53 Å². The van der Waals surface area contributed by atoms with E-state index in [9.17, 15) is 4.79 Å². The van der Waals surface area contributed by atoms with Gasteiger partial charge >= 0.3 is 6.03 Å². The number of carbonyl (C=O) groups is 1. The van der Waals surface area contributed by atoms with Gasteiger partial charge in [0, 0.05) is 36.3 Å². The lowest BCUT2D eigenvalue weighted by atomic mass is 10.2.